The van der Waals surface area contributed by atoms with Crippen molar-refractivity contribution in [2.45, 2.75) is 31.6 Å². The van der Waals surface area contributed by atoms with Gasteiger partial charge in [-0.25, -0.2) is 14.0 Å². The molecule has 0 bridgehead atoms. The monoisotopic (exact) mass is 427 g/mol. The first kappa shape index (κ1) is 19.3. The Morgan fingerprint density at radius 3 is 2.07 bits per heavy atom. The molecule has 2 aromatic rings. The summed E-state index contributed by atoms with van der Waals surface area (Å²) in [5.41, 5.74) is 3.31. The number of dihydropyridines is 1. The lowest BCUT2D eigenvalue weighted by Crippen LogP contribution is -2.35. The molecule has 1 aliphatic heterocycles. The van der Waals surface area contributed by atoms with Crippen LogP contribution in [-0.4, -0.2) is 26.2 Å². The molecule has 30 heavy (non-hydrogen) atoms. The Morgan fingerprint density at radius 1 is 1.00 bits per heavy atom. The van der Waals surface area contributed by atoms with E-state index in [1.54, 1.807) is 6.07 Å². The van der Waals surface area contributed by atoms with E-state index in [0.29, 0.717) is 16.5 Å². The fraction of sp³-hybridized carbons (Fsp3) is 0.391. The van der Waals surface area contributed by atoms with Gasteiger partial charge in [-0.3, -0.25) is 0 Å². The highest BCUT2D eigenvalue weighted by Gasteiger charge is 2.46. The second kappa shape index (κ2) is 7.23. The summed E-state index contributed by atoms with van der Waals surface area (Å²) in [5.74, 6) is -1.45. The van der Waals surface area contributed by atoms with Gasteiger partial charge in [0.1, 0.15) is 5.82 Å². The number of methoxy groups -OCH3 is 2. The minimum Gasteiger partial charge on any atom is -0.466 e. The van der Waals surface area contributed by atoms with Crippen LogP contribution in [0.5, 0.6) is 0 Å². The number of rotatable bonds is 5. The number of hydrogen-bond acceptors (Lipinski definition) is 6. The molecule has 0 saturated heterocycles. The van der Waals surface area contributed by atoms with Crippen molar-refractivity contribution in [3.63, 3.8) is 0 Å². The van der Waals surface area contributed by atoms with Crippen LogP contribution in [0.4, 0.5) is 4.39 Å². The van der Waals surface area contributed by atoms with Gasteiger partial charge in [-0.05, 0) is 72.0 Å². The van der Waals surface area contributed by atoms with Gasteiger partial charge >= 0.3 is 11.9 Å². The zero-order chi connectivity index (χ0) is 21.0. The number of benzene rings is 1. The summed E-state index contributed by atoms with van der Waals surface area (Å²) in [6, 6.07) is 4.62. The van der Waals surface area contributed by atoms with Crippen LogP contribution in [-0.2, 0) is 19.1 Å². The largest absolute Gasteiger partial charge is 0.466 e. The molecule has 3 aliphatic rings. The van der Waals surface area contributed by atoms with E-state index >= 15 is 0 Å². The fourth-order valence-corrected chi connectivity index (χ4v) is 5.32. The minimum absolute atomic E-state index is 0.246. The van der Waals surface area contributed by atoms with Gasteiger partial charge in [0.15, 0.2) is 0 Å². The van der Waals surface area contributed by atoms with Crippen molar-refractivity contribution >= 4 is 33.4 Å². The lowest BCUT2D eigenvalue weighted by molar-refractivity contribution is -0.137. The molecule has 2 fully saturated rings. The Labute approximate surface area is 177 Å². The lowest BCUT2D eigenvalue weighted by Gasteiger charge is -2.32. The SMILES string of the molecule is COC(=O)C1=C(C2CC2)NC(C2CC2)=C(C(=O)OC)C1c1csc2ccc(F)cc12. The van der Waals surface area contributed by atoms with E-state index in [1.165, 1.54) is 37.7 Å². The number of allylic oxidation sites excluding steroid dienone is 2. The number of nitrogens with one attached hydrogen (secondary N) is 1. The number of carbonyl (C=O) groups is 2. The second-order valence-corrected chi connectivity index (χ2v) is 8.99. The third kappa shape index (κ3) is 3.12. The molecular formula is C23H22FNO4S. The molecule has 2 aliphatic carbocycles. The van der Waals surface area contributed by atoms with Crippen LogP contribution in [0.2, 0.25) is 0 Å². The second-order valence-electron chi connectivity index (χ2n) is 8.08. The lowest BCUT2D eigenvalue weighted by atomic mass is 9.78. The standard InChI is InChI=1S/C23H22FNO4S/c1-28-22(26)18-17(15-10-30-16-8-7-13(24)9-14(15)16)19(23(27)29-2)21(12-5-6-12)25-20(18)11-3-4-11/h7-12,17,25H,3-6H2,1-2H3. The van der Waals surface area contributed by atoms with E-state index in [-0.39, 0.29) is 17.7 Å². The average molecular weight is 427 g/mol. The van der Waals surface area contributed by atoms with E-state index < -0.39 is 17.9 Å². The van der Waals surface area contributed by atoms with Crippen LogP contribution < -0.4 is 5.32 Å². The maximum atomic E-state index is 14.1. The van der Waals surface area contributed by atoms with Gasteiger partial charge < -0.3 is 14.8 Å². The zero-order valence-electron chi connectivity index (χ0n) is 16.8. The molecule has 0 unspecified atom stereocenters. The third-order valence-corrected chi connectivity index (χ3v) is 7.07. The summed E-state index contributed by atoms with van der Waals surface area (Å²) in [6.07, 6.45) is 3.94. The van der Waals surface area contributed by atoms with Crippen molar-refractivity contribution in [2.75, 3.05) is 14.2 Å². The first-order chi connectivity index (χ1) is 14.5. The van der Waals surface area contributed by atoms with Crippen LogP contribution in [0.1, 0.15) is 37.2 Å². The summed E-state index contributed by atoms with van der Waals surface area (Å²) < 4.78 is 25.3. The van der Waals surface area contributed by atoms with Crippen molar-refractivity contribution in [3.8, 4) is 0 Å². The summed E-state index contributed by atoms with van der Waals surface area (Å²) >= 11 is 1.47. The number of hydrogen-bond donors (Lipinski definition) is 1. The predicted octanol–water partition coefficient (Wildman–Crippen LogP) is 4.40. The summed E-state index contributed by atoms with van der Waals surface area (Å²) in [5, 5.41) is 6.07. The van der Waals surface area contributed by atoms with E-state index in [0.717, 1.165) is 47.3 Å². The number of thiophene rings is 1. The maximum Gasteiger partial charge on any atom is 0.336 e. The van der Waals surface area contributed by atoms with Crippen LogP contribution in [0.15, 0.2) is 46.1 Å². The Hall–Kier alpha value is -2.67. The van der Waals surface area contributed by atoms with Crippen LogP contribution >= 0.6 is 11.3 Å². The van der Waals surface area contributed by atoms with Crippen molar-refractivity contribution in [1.82, 2.24) is 5.32 Å². The molecule has 0 amide bonds. The highest BCUT2D eigenvalue weighted by Crippen LogP contribution is 2.51. The van der Waals surface area contributed by atoms with Gasteiger partial charge in [0.05, 0.1) is 31.3 Å². The van der Waals surface area contributed by atoms with Crippen molar-refractivity contribution < 1.29 is 23.5 Å². The predicted molar refractivity (Wildman–Crippen MR) is 111 cm³/mol. The number of ether oxygens (including phenoxy) is 2. The first-order valence-electron chi connectivity index (χ1n) is 10.1. The number of esters is 2. The molecule has 0 spiro atoms. The Balaban J connectivity index is 1.79. The average Bonchev–Trinajstić information content (AvgIpc) is 3.67. The molecule has 1 N–H and O–H groups in total. The smallest absolute Gasteiger partial charge is 0.336 e. The highest BCUT2D eigenvalue weighted by atomic mass is 32.1. The van der Waals surface area contributed by atoms with Crippen molar-refractivity contribution in [1.29, 1.82) is 0 Å². The normalized spacial score (nSPS) is 19.8. The van der Waals surface area contributed by atoms with Gasteiger partial charge in [-0.15, -0.1) is 11.3 Å². The summed E-state index contributed by atoms with van der Waals surface area (Å²) in [6.45, 7) is 0. The molecule has 5 nitrogen and oxygen atoms in total. The quantitative estimate of drug-likeness (QED) is 0.717. The molecule has 1 aromatic carbocycles. The number of fused-ring (bicyclic) bond motifs is 1. The molecule has 0 radical (unpaired) electrons. The summed E-state index contributed by atoms with van der Waals surface area (Å²) in [7, 11) is 2.69. The third-order valence-electron chi connectivity index (χ3n) is 6.09. The molecule has 7 heteroatoms. The molecular weight excluding hydrogens is 405 g/mol. The molecule has 1 aromatic heterocycles. The van der Waals surface area contributed by atoms with Crippen LogP contribution in [0, 0.1) is 17.7 Å². The van der Waals surface area contributed by atoms with Gasteiger partial charge in [-0.2, -0.15) is 0 Å². The fourth-order valence-electron chi connectivity index (χ4n) is 4.35. The molecule has 0 atom stereocenters. The molecule has 5 rings (SSSR count). The molecule has 2 saturated carbocycles. The van der Waals surface area contributed by atoms with E-state index in [1.807, 2.05) is 5.38 Å². The summed E-state index contributed by atoms with van der Waals surface area (Å²) in [4.78, 5) is 26.0. The Bertz CT molecular complexity index is 1080. The van der Waals surface area contributed by atoms with E-state index in [4.69, 9.17) is 9.47 Å². The first-order valence-corrected chi connectivity index (χ1v) is 11.0. The van der Waals surface area contributed by atoms with Crippen LogP contribution in [0.25, 0.3) is 10.1 Å². The Morgan fingerprint density at radius 2 is 1.57 bits per heavy atom. The van der Waals surface area contributed by atoms with E-state index in [9.17, 15) is 14.0 Å². The van der Waals surface area contributed by atoms with Crippen molar-refractivity contribution in [3.05, 3.63) is 57.5 Å². The maximum absolute atomic E-state index is 14.1. The van der Waals surface area contributed by atoms with Crippen molar-refractivity contribution in [2.24, 2.45) is 11.8 Å². The Kier molecular flexibility index (Phi) is 4.65. The topological polar surface area (TPSA) is 64.6 Å². The van der Waals surface area contributed by atoms with Gasteiger partial charge in [0, 0.05) is 16.1 Å². The zero-order valence-corrected chi connectivity index (χ0v) is 17.6. The van der Waals surface area contributed by atoms with Gasteiger partial charge in [0.25, 0.3) is 0 Å². The van der Waals surface area contributed by atoms with E-state index in [2.05, 4.69) is 5.32 Å². The number of halogens is 1. The number of carbonyl (C=O) groups excluding carboxylic acids is 2. The molecule has 156 valence electrons. The highest BCUT2D eigenvalue weighted by molar-refractivity contribution is 7.17. The molecule has 2 heterocycles. The van der Waals surface area contributed by atoms with Gasteiger partial charge in [0.2, 0.25) is 0 Å². The minimum atomic E-state index is -0.645. The van der Waals surface area contributed by atoms with Crippen LogP contribution in [0.3, 0.4) is 0 Å². The van der Waals surface area contributed by atoms with Gasteiger partial charge in [-0.1, -0.05) is 0 Å².